The van der Waals surface area contributed by atoms with E-state index in [1.165, 1.54) is 31.4 Å². The topological polar surface area (TPSA) is 105 Å². The number of fused-ring (bicyclic) bond motifs is 1. The minimum Gasteiger partial charge on any atom is -0.342 e. The molecule has 246 valence electrons. The molecule has 46 heavy (non-hydrogen) atoms. The summed E-state index contributed by atoms with van der Waals surface area (Å²) in [5, 5.41) is 6.39. The van der Waals surface area contributed by atoms with E-state index in [2.05, 4.69) is 15.5 Å². The Balaban J connectivity index is 1.09. The first kappa shape index (κ1) is 32.6. The number of amides is 5. The maximum absolute atomic E-state index is 13.9. The summed E-state index contributed by atoms with van der Waals surface area (Å²) in [5.74, 6) is -0.914. The van der Waals surface area contributed by atoms with Crippen molar-refractivity contribution in [1.29, 1.82) is 0 Å². The monoisotopic (exact) mass is 668 g/mol. The molecule has 3 saturated heterocycles. The number of halogens is 2. The predicted octanol–water partition coefficient (Wildman–Crippen LogP) is 5.00. The lowest BCUT2D eigenvalue weighted by molar-refractivity contribution is -0.140. The van der Waals surface area contributed by atoms with Crippen LogP contribution in [0.25, 0.3) is 0 Å². The summed E-state index contributed by atoms with van der Waals surface area (Å²) in [6, 6.07) is 11.7. The van der Waals surface area contributed by atoms with Crippen molar-refractivity contribution < 1.29 is 19.2 Å². The van der Waals surface area contributed by atoms with Gasteiger partial charge in [-0.25, -0.2) is 4.79 Å². The van der Waals surface area contributed by atoms with Crippen molar-refractivity contribution >= 4 is 52.6 Å². The van der Waals surface area contributed by atoms with E-state index in [0.717, 1.165) is 37.2 Å². The highest BCUT2D eigenvalue weighted by Crippen LogP contribution is 2.28. The van der Waals surface area contributed by atoms with Crippen molar-refractivity contribution in [3.63, 3.8) is 0 Å². The second kappa shape index (κ2) is 14.6. The molecule has 0 bridgehead atoms. The lowest BCUT2D eigenvalue weighted by Gasteiger charge is -2.41. The SMILES string of the molecule is O=C(NC(CC(=O)N1CCC(N2Cc3ccccc3NC2=O)CC1)C(=O)N1CCC(N2CCCCC2)CC1)c1ccc(Cl)c(Cl)c1. The summed E-state index contributed by atoms with van der Waals surface area (Å²) in [4.78, 5) is 61.7. The number of para-hydroxylation sites is 1. The molecule has 4 heterocycles. The number of urea groups is 1. The zero-order valence-electron chi connectivity index (χ0n) is 26.1. The molecule has 5 amide bonds. The molecule has 12 heteroatoms. The summed E-state index contributed by atoms with van der Waals surface area (Å²) in [6.45, 7) is 4.89. The van der Waals surface area contributed by atoms with Gasteiger partial charge in [0.2, 0.25) is 11.8 Å². The molecule has 2 aromatic carbocycles. The molecule has 2 aromatic rings. The van der Waals surface area contributed by atoms with Gasteiger partial charge in [0.1, 0.15) is 6.04 Å². The summed E-state index contributed by atoms with van der Waals surface area (Å²) < 4.78 is 0. The number of piperidine rings is 3. The van der Waals surface area contributed by atoms with Crippen molar-refractivity contribution in [1.82, 2.24) is 24.9 Å². The molecule has 0 saturated carbocycles. The standard InChI is InChI=1S/C34H42Cl2N6O4/c35-27-9-8-23(20-28(27)36)32(44)37-30(33(45)41-18-10-25(11-19-41)39-14-4-1-5-15-39)21-31(43)40-16-12-26(13-17-40)42-22-24-6-2-3-7-29(24)38-34(42)46/h2-3,6-9,20,25-26,30H,1,4-5,10-19,21-22H2,(H,37,44)(H,38,46). The van der Waals surface area contributed by atoms with Crippen molar-refractivity contribution in [2.75, 3.05) is 44.6 Å². The Kier molecular flexibility index (Phi) is 10.4. The second-order valence-electron chi connectivity index (χ2n) is 12.8. The first-order valence-corrected chi connectivity index (χ1v) is 17.2. The number of likely N-dealkylation sites (tertiary alicyclic amines) is 3. The largest absolute Gasteiger partial charge is 0.342 e. The van der Waals surface area contributed by atoms with Crippen LogP contribution in [0.1, 0.15) is 67.3 Å². The molecule has 4 aliphatic heterocycles. The zero-order chi connectivity index (χ0) is 32.2. The Hall–Kier alpha value is -3.34. The number of rotatable bonds is 7. The van der Waals surface area contributed by atoms with Gasteiger partial charge in [0.15, 0.2) is 0 Å². The van der Waals surface area contributed by atoms with E-state index in [9.17, 15) is 19.2 Å². The maximum atomic E-state index is 13.9. The Bertz CT molecular complexity index is 1450. The van der Waals surface area contributed by atoms with E-state index in [4.69, 9.17) is 23.2 Å². The minimum atomic E-state index is -1.01. The van der Waals surface area contributed by atoms with E-state index < -0.39 is 11.9 Å². The van der Waals surface area contributed by atoms with Gasteiger partial charge >= 0.3 is 6.03 Å². The first-order chi connectivity index (χ1) is 22.3. The van der Waals surface area contributed by atoms with E-state index in [-0.39, 0.29) is 40.9 Å². The second-order valence-corrected chi connectivity index (χ2v) is 13.7. The van der Waals surface area contributed by atoms with Gasteiger partial charge in [-0.3, -0.25) is 14.4 Å². The Morgan fingerprint density at radius 1 is 0.826 bits per heavy atom. The van der Waals surface area contributed by atoms with Crippen LogP contribution in [0, 0.1) is 0 Å². The lowest BCUT2D eigenvalue weighted by Crippen LogP contribution is -2.55. The molecule has 1 unspecified atom stereocenters. The molecule has 2 N–H and O–H groups in total. The van der Waals surface area contributed by atoms with Gasteiger partial charge < -0.3 is 30.2 Å². The number of hydrogen-bond donors (Lipinski definition) is 2. The average molecular weight is 670 g/mol. The molecule has 3 fully saturated rings. The highest BCUT2D eigenvalue weighted by Gasteiger charge is 2.36. The molecule has 4 aliphatic rings. The molecule has 0 radical (unpaired) electrons. The van der Waals surface area contributed by atoms with Crippen LogP contribution in [0.4, 0.5) is 10.5 Å². The third-order valence-corrected chi connectivity index (χ3v) is 10.7. The fraction of sp³-hybridized carbons (Fsp3) is 0.529. The van der Waals surface area contributed by atoms with Crippen molar-refractivity contribution in [2.45, 2.75) is 76.0 Å². The van der Waals surface area contributed by atoms with Gasteiger partial charge in [-0.1, -0.05) is 47.8 Å². The van der Waals surface area contributed by atoms with Crippen LogP contribution in [0.3, 0.4) is 0 Å². The van der Waals surface area contributed by atoms with E-state index >= 15 is 0 Å². The van der Waals surface area contributed by atoms with Gasteiger partial charge in [-0.15, -0.1) is 0 Å². The van der Waals surface area contributed by atoms with Crippen LogP contribution in [0.15, 0.2) is 42.5 Å². The third-order valence-electron chi connectivity index (χ3n) is 9.97. The van der Waals surface area contributed by atoms with Gasteiger partial charge in [0.25, 0.3) is 5.91 Å². The van der Waals surface area contributed by atoms with E-state index in [1.54, 1.807) is 15.9 Å². The Labute approximate surface area is 280 Å². The highest BCUT2D eigenvalue weighted by atomic mass is 35.5. The molecular formula is C34H42Cl2N6O4. The number of carbonyl (C=O) groups is 4. The number of nitrogens with one attached hydrogen (secondary N) is 2. The normalized spacial score (nSPS) is 20.6. The van der Waals surface area contributed by atoms with Crippen LogP contribution in [-0.2, 0) is 16.1 Å². The maximum Gasteiger partial charge on any atom is 0.322 e. The van der Waals surface area contributed by atoms with E-state index in [0.29, 0.717) is 56.6 Å². The van der Waals surface area contributed by atoms with Gasteiger partial charge in [-0.2, -0.15) is 0 Å². The molecule has 6 rings (SSSR count). The van der Waals surface area contributed by atoms with Gasteiger partial charge in [-0.05, 0) is 81.4 Å². The Morgan fingerprint density at radius 2 is 1.50 bits per heavy atom. The fourth-order valence-corrected chi connectivity index (χ4v) is 7.58. The number of nitrogens with zero attached hydrogens (tertiary/aromatic N) is 4. The highest BCUT2D eigenvalue weighted by molar-refractivity contribution is 6.42. The molecule has 0 aliphatic carbocycles. The Morgan fingerprint density at radius 3 is 2.22 bits per heavy atom. The first-order valence-electron chi connectivity index (χ1n) is 16.5. The third kappa shape index (κ3) is 7.45. The number of carbonyl (C=O) groups excluding carboxylic acids is 4. The summed E-state index contributed by atoms with van der Waals surface area (Å²) in [5.41, 5.74) is 2.18. The predicted molar refractivity (Wildman–Crippen MR) is 178 cm³/mol. The molecule has 10 nitrogen and oxygen atoms in total. The molecule has 0 spiro atoms. The lowest BCUT2D eigenvalue weighted by atomic mass is 9.98. The van der Waals surface area contributed by atoms with Gasteiger partial charge in [0, 0.05) is 56.1 Å². The number of benzene rings is 2. The summed E-state index contributed by atoms with van der Waals surface area (Å²) in [6.07, 6.45) is 6.63. The van der Waals surface area contributed by atoms with Crippen molar-refractivity contribution in [3.05, 3.63) is 63.6 Å². The van der Waals surface area contributed by atoms with Crippen molar-refractivity contribution in [2.24, 2.45) is 0 Å². The molecular weight excluding hydrogens is 627 g/mol. The van der Waals surface area contributed by atoms with Crippen LogP contribution >= 0.6 is 23.2 Å². The number of anilines is 1. The minimum absolute atomic E-state index is 0.00499. The summed E-state index contributed by atoms with van der Waals surface area (Å²) in [7, 11) is 0. The molecule has 1 atom stereocenters. The van der Waals surface area contributed by atoms with Crippen LogP contribution in [-0.4, -0.2) is 101 Å². The van der Waals surface area contributed by atoms with Crippen LogP contribution < -0.4 is 10.6 Å². The zero-order valence-corrected chi connectivity index (χ0v) is 27.6. The summed E-state index contributed by atoms with van der Waals surface area (Å²) >= 11 is 12.2. The van der Waals surface area contributed by atoms with Crippen LogP contribution in [0.2, 0.25) is 10.0 Å². The fourth-order valence-electron chi connectivity index (χ4n) is 7.28. The van der Waals surface area contributed by atoms with Crippen LogP contribution in [0.5, 0.6) is 0 Å². The van der Waals surface area contributed by atoms with Gasteiger partial charge in [0.05, 0.1) is 16.5 Å². The number of hydrogen-bond acceptors (Lipinski definition) is 5. The quantitative estimate of drug-likeness (QED) is 0.432. The average Bonchev–Trinajstić information content (AvgIpc) is 3.09. The molecule has 0 aromatic heterocycles. The smallest absolute Gasteiger partial charge is 0.322 e. The van der Waals surface area contributed by atoms with E-state index in [1.807, 2.05) is 29.2 Å². The van der Waals surface area contributed by atoms with Crippen molar-refractivity contribution in [3.8, 4) is 0 Å².